The van der Waals surface area contributed by atoms with Crippen LogP contribution in [-0.2, 0) is 6.18 Å². The lowest BCUT2D eigenvalue weighted by atomic mass is 10.1. The second-order valence-electron chi connectivity index (χ2n) is 4.74. The molecule has 1 aromatic carbocycles. The Hall–Kier alpha value is -2.68. The van der Waals surface area contributed by atoms with Crippen molar-refractivity contribution in [3.63, 3.8) is 0 Å². The van der Waals surface area contributed by atoms with Crippen molar-refractivity contribution in [3.05, 3.63) is 52.0 Å². The largest absolute Gasteiger partial charge is 0.445 e. The van der Waals surface area contributed by atoms with Gasteiger partial charge in [-0.1, -0.05) is 29.5 Å². The maximum absolute atomic E-state index is 12.6. The van der Waals surface area contributed by atoms with Crippen molar-refractivity contribution in [2.45, 2.75) is 6.18 Å². The lowest BCUT2D eigenvalue weighted by Crippen LogP contribution is -2.05. The summed E-state index contributed by atoms with van der Waals surface area (Å²) in [7, 11) is 0. The molecule has 116 valence electrons. The number of hydrogen-bond acceptors (Lipinski definition) is 5. The molecule has 3 heterocycles. The van der Waals surface area contributed by atoms with Gasteiger partial charge < -0.3 is 4.42 Å². The number of benzene rings is 1. The summed E-state index contributed by atoms with van der Waals surface area (Å²) in [5.74, 6) is 0. The Morgan fingerprint density at radius 1 is 1.22 bits per heavy atom. The smallest absolute Gasteiger partial charge is 0.422 e. The Balaban J connectivity index is 1.87. The Kier molecular flexibility index (Phi) is 2.82. The maximum Gasteiger partial charge on any atom is 0.445 e. The molecule has 9 heteroatoms. The lowest BCUT2D eigenvalue weighted by molar-refractivity contribution is -0.138. The molecule has 4 aromatic rings. The predicted octanol–water partition coefficient (Wildman–Crippen LogP) is 3.58. The minimum atomic E-state index is -4.52. The number of hydrogen-bond donors (Lipinski definition) is 0. The van der Waals surface area contributed by atoms with Crippen molar-refractivity contribution in [3.8, 4) is 11.3 Å². The number of alkyl halides is 3. The van der Waals surface area contributed by atoms with Gasteiger partial charge in [0.25, 0.3) is 0 Å². The molecule has 0 aliphatic rings. The maximum atomic E-state index is 12.6. The minimum absolute atomic E-state index is 0.0554. The van der Waals surface area contributed by atoms with Crippen LogP contribution in [-0.4, -0.2) is 14.6 Å². The quantitative estimate of drug-likeness (QED) is 0.498. The van der Waals surface area contributed by atoms with Crippen LogP contribution in [0.2, 0.25) is 0 Å². The first-order valence-corrected chi connectivity index (χ1v) is 7.20. The number of fused-ring (bicyclic) bond motifs is 2. The van der Waals surface area contributed by atoms with E-state index in [4.69, 9.17) is 4.42 Å². The molecule has 0 amide bonds. The van der Waals surface area contributed by atoms with Gasteiger partial charge in [0.1, 0.15) is 5.58 Å². The SMILES string of the molecule is O=c1oc2ccccc2cc1-c1cn2nc(C(F)(F)F)sc2n1. The number of imidazole rings is 1. The van der Waals surface area contributed by atoms with Crippen molar-refractivity contribution in [1.29, 1.82) is 0 Å². The number of rotatable bonds is 1. The highest BCUT2D eigenvalue weighted by molar-refractivity contribution is 7.16. The zero-order valence-electron chi connectivity index (χ0n) is 11.2. The molecule has 0 fully saturated rings. The van der Waals surface area contributed by atoms with E-state index in [1.165, 1.54) is 6.20 Å². The van der Waals surface area contributed by atoms with Gasteiger partial charge in [-0.3, -0.25) is 0 Å². The molecule has 0 atom stereocenters. The second-order valence-corrected chi connectivity index (χ2v) is 5.70. The molecule has 0 aliphatic heterocycles. The molecule has 0 bridgehead atoms. The van der Waals surface area contributed by atoms with Crippen LogP contribution < -0.4 is 5.63 Å². The number of halogens is 3. The van der Waals surface area contributed by atoms with Crippen LogP contribution >= 0.6 is 11.3 Å². The second kappa shape index (κ2) is 4.66. The summed E-state index contributed by atoms with van der Waals surface area (Å²) in [6.45, 7) is 0. The number of nitrogens with zero attached hydrogens (tertiary/aromatic N) is 3. The topological polar surface area (TPSA) is 60.4 Å². The molecule has 0 saturated carbocycles. The van der Waals surface area contributed by atoms with Crippen molar-refractivity contribution < 1.29 is 17.6 Å². The third-order valence-electron chi connectivity index (χ3n) is 3.20. The molecule has 0 N–H and O–H groups in total. The summed E-state index contributed by atoms with van der Waals surface area (Å²) in [4.78, 5) is 16.1. The van der Waals surface area contributed by atoms with Crippen LogP contribution in [0.15, 0.2) is 45.7 Å². The molecule has 0 unspecified atom stereocenters. The van der Waals surface area contributed by atoms with Gasteiger partial charge in [0.05, 0.1) is 17.5 Å². The van der Waals surface area contributed by atoms with E-state index in [2.05, 4.69) is 10.1 Å². The Bertz CT molecular complexity index is 1060. The average molecular weight is 337 g/mol. The summed E-state index contributed by atoms with van der Waals surface area (Å²) >= 11 is 0.412. The Morgan fingerprint density at radius 2 is 2.00 bits per heavy atom. The van der Waals surface area contributed by atoms with Crippen LogP contribution in [0.3, 0.4) is 0 Å². The van der Waals surface area contributed by atoms with Crippen molar-refractivity contribution in [2.75, 3.05) is 0 Å². The summed E-state index contributed by atoms with van der Waals surface area (Å²) < 4.78 is 44.0. The van der Waals surface area contributed by atoms with E-state index in [1.807, 2.05) is 0 Å². The van der Waals surface area contributed by atoms with E-state index in [9.17, 15) is 18.0 Å². The molecule has 23 heavy (non-hydrogen) atoms. The molecule has 0 saturated heterocycles. The first-order chi connectivity index (χ1) is 10.9. The van der Waals surface area contributed by atoms with Gasteiger partial charge in [-0.2, -0.15) is 13.2 Å². The summed E-state index contributed by atoms with van der Waals surface area (Å²) in [5, 5.41) is 3.15. The fourth-order valence-corrected chi connectivity index (χ4v) is 2.93. The Morgan fingerprint density at radius 3 is 2.74 bits per heavy atom. The van der Waals surface area contributed by atoms with Crippen molar-refractivity contribution >= 4 is 27.3 Å². The molecule has 0 aliphatic carbocycles. The number of aromatic nitrogens is 3. The molecule has 3 aromatic heterocycles. The van der Waals surface area contributed by atoms with Gasteiger partial charge in [0.15, 0.2) is 0 Å². The van der Waals surface area contributed by atoms with Gasteiger partial charge in [-0.05, 0) is 12.1 Å². The summed E-state index contributed by atoms with van der Waals surface area (Å²) in [6.07, 6.45) is -3.24. The minimum Gasteiger partial charge on any atom is -0.422 e. The fourth-order valence-electron chi connectivity index (χ4n) is 2.18. The zero-order chi connectivity index (χ0) is 16.2. The highest BCUT2D eigenvalue weighted by Gasteiger charge is 2.36. The monoisotopic (exact) mass is 337 g/mol. The van der Waals surface area contributed by atoms with E-state index < -0.39 is 16.8 Å². The molecular formula is C14H6F3N3O2S. The highest BCUT2D eigenvalue weighted by atomic mass is 32.1. The van der Waals surface area contributed by atoms with Crippen LogP contribution in [0.1, 0.15) is 5.01 Å². The first-order valence-electron chi connectivity index (χ1n) is 6.38. The van der Waals surface area contributed by atoms with Gasteiger partial charge in [-0.15, -0.1) is 5.10 Å². The van der Waals surface area contributed by atoms with E-state index in [0.717, 1.165) is 4.52 Å². The molecule has 0 radical (unpaired) electrons. The lowest BCUT2D eigenvalue weighted by Gasteiger charge is -1.99. The summed E-state index contributed by atoms with van der Waals surface area (Å²) in [5.41, 5.74) is 0.220. The van der Waals surface area contributed by atoms with Crippen molar-refractivity contribution in [1.82, 2.24) is 14.6 Å². The van der Waals surface area contributed by atoms with Crippen LogP contribution in [0.4, 0.5) is 13.2 Å². The molecular weight excluding hydrogens is 331 g/mol. The third-order valence-corrected chi connectivity index (χ3v) is 4.17. The van der Waals surface area contributed by atoms with Gasteiger partial charge >= 0.3 is 11.8 Å². The van der Waals surface area contributed by atoms with Crippen LogP contribution in [0.25, 0.3) is 27.2 Å². The van der Waals surface area contributed by atoms with E-state index in [1.54, 1.807) is 30.3 Å². The van der Waals surface area contributed by atoms with Gasteiger partial charge in [0, 0.05) is 5.39 Å². The summed E-state index contributed by atoms with van der Waals surface area (Å²) in [6, 6.07) is 8.54. The molecule has 0 spiro atoms. The predicted molar refractivity (Wildman–Crippen MR) is 77.3 cm³/mol. The standard InChI is InChI=1S/C14H6F3N3O2S/c15-14(16,17)12-19-20-6-9(18-13(20)23-12)8-5-7-3-1-2-4-10(7)22-11(8)21/h1-6H. The van der Waals surface area contributed by atoms with E-state index >= 15 is 0 Å². The van der Waals surface area contributed by atoms with E-state index in [0.29, 0.717) is 22.3 Å². The van der Waals surface area contributed by atoms with Gasteiger partial charge in [-0.25, -0.2) is 14.3 Å². The highest BCUT2D eigenvalue weighted by Crippen LogP contribution is 2.33. The van der Waals surface area contributed by atoms with Crippen LogP contribution in [0.5, 0.6) is 0 Å². The normalized spacial score (nSPS) is 12.3. The van der Waals surface area contributed by atoms with Crippen LogP contribution in [0, 0.1) is 0 Å². The molecule has 5 nitrogen and oxygen atoms in total. The molecule has 4 rings (SSSR count). The zero-order valence-corrected chi connectivity index (χ0v) is 12.0. The third kappa shape index (κ3) is 2.29. The number of para-hydroxylation sites is 1. The average Bonchev–Trinajstić information content (AvgIpc) is 3.04. The van der Waals surface area contributed by atoms with Crippen molar-refractivity contribution in [2.24, 2.45) is 0 Å². The first kappa shape index (κ1) is 13.9. The van der Waals surface area contributed by atoms with E-state index in [-0.39, 0.29) is 16.2 Å². The van der Waals surface area contributed by atoms with Gasteiger partial charge in [0.2, 0.25) is 9.97 Å². The fraction of sp³-hybridized carbons (Fsp3) is 0.0714. The Labute approximate surface area is 129 Å².